The van der Waals surface area contributed by atoms with Crippen molar-refractivity contribution in [3.8, 4) is 23.0 Å². The Morgan fingerprint density at radius 1 is 0.761 bits per heavy atom. The fourth-order valence-corrected chi connectivity index (χ4v) is 9.41. The number of thiocarbonyl (C=S) groups is 1. The summed E-state index contributed by atoms with van der Waals surface area (Å²) in [6, 6.07) is 20.3. The first-order valence-electron chi connectivity index (χ1n) is 22.5. The topological polar surface area (TPSA) is 185 Å². The zero-order chi connectivity index (χ0) is 49.7. The number of fused-ring (bicyclic) bond motifs is 2. The van der Waals surface area contributed by atoms with Gasteiger partial charge in [0, 0.05) is 74.9 Å². The van der Waals surface area contributed by atoms with Gasteiger partial charge in [-0.1, -0.05) is 46.0 Å². The molecule has 71 heavy (non-hydrogen) atoms. The zero-order valence-electron chi connectivity index (χ0n) is 39.7. The van der Waals surface area contributed by atoms with Crippen molar-refractivity contribution in [2.45, 2.75) is 6.92 Å². The molecule has 6 N–H and O–H groups in total. The Morgan fingerprint density at radius 2 is 1.25 bits per heavy atom. The van der Waals surface area contributed by atoms with Gasteiger partial charge >= 0.3 is 0 Å². The summed E-state index contributed by atoms with van der Waals surface area (Å²) >= 11 is 10.8. The second kappa shape index (κ2) is 26.4. The Morgan fingerprint density at radius 3 is 1.77 bits per heavy atom. The molecule has 2 saturated heterocycles. The van der Waals surface area contributed by atoms with E-state index < -0.39 is 0 Å². The number of anilines is 6. The van der Waals surface area contributed by atoms with E-state index >= 15 is 0 Å². The number of nitrogens with one attached hydrogen (secondary N) is 2. The molecule has 1 aromatic heterocycles. The van der Waals surface area contributed by atoms with E-state index in [2.05, 4.69) is 65.3 Å². The minimum absolute atomic E-state index is 0. The number of hydrogen-bond acceptors (Lipinski definition) is 16. The third-order valence-corrected chi connectivity index (χ3v) is 13.6. The first-order valence-corrected chi connectivity index (χ1v) is 25.8. The molecule has 16 nitrogen and oxygen atoms in total. The van der Waals surface area contributed by atoms with Crippen LogP contribution in [0.3, 0.4) is 0 Å². The molecule has 4 aliphatic rings. The van der Waals surface area contributed by atoms with Crippen LogP contribution in [0.4, 0.5) is 42.5 Å². The van der Waals surface area contributed by atoms with Crippen LogP contribution < -0.4 is 50.8 Å². The lowest BCUT2D eigenvalue weighted by Crippen LogP contribution is -2.44. The third kappa shape index (κ3) is 15.1. The number of nitrogens with two attached hydrogens (primary N) is 2. The van der Waals surface area contributed by atoms with Crippen LogP contribution in [0.5, 0.6) is 23.0 Å². The van der Waals surface area contributed by atoms with Gasteiger partial charge in [0.2, 0.25) is 5.78 Å². The molecule has 0 amide bonds. The molecule has 5 heterocycles. The largest absolute Gasteiger partial charge is 0.486 e. The van der Waals surface area contributed by atoms with E-state index in [1.807, 2.05) is 17.9 Å². The molecule has 9 rings (SSSR count). The number of thioether (sulfide) groups is 1. The number of alkyl halides is 1. The molecule has 0 saturated carbocycles. The number of aromatic nitrogens is 1. The minimum atomic E-state index is -0.304. The van der Waals surface area contributed by atoms with Crippen molar-refractivity contribution in [1.82, 2.24) is 14.8 Å². The Kier molecular flexibility index (Phi) is 20.4. The minimum Gasteiger partial charge on any atom is -0.486 e. The number of hydrogen-bond donors (Lipinski definition) is 4. The van der Waals surface area contributed by atoms with Crippen LogP contribution in [-0.4, -0.2) is 141 Å². The number of amidine groups is 1. The molecular formula is C48H58BrF2N10O6PS3. The molecule has 380 valence electrons. The molecule has 4 aliphatic heterocycles. The number of carbonyl (C=O) groups is 2. The van der Waals surface area contributed by atoms with Gasteiger partial charge in [-0.2, -0.15) is 14.9 Å². The highest BCUT2D eigenvalue weighted by atomic mass is 79.9. The summed E-state index contributed by atoms with van der Waals surface area (Å²) in [5, 5.41) is 7.33. The molecule has 1 atom stereocenters. The van der Waals surface area contributed by atoms with E-state index in [0.717, 1.165) is 69.4 Å². The highest BCUT2D eigenvalue weighted by Crippen LogP contribution is 2.36. The van der Waals surface area contributed by atoms with Crippen molar-refractivity contribution in [1.29, 1.82) is 0 Å². The number of nitrogens with zero attached hydrogens (tertiary/aromatic N) is 6. The Labute approximate surface area is 437 Å². The highest BCUT2D eigenvalue weighted by molar-refractivity contribution is 9.09. The standard InChI is InChI=1S/C23H24FN5O3S.C15H22FN5S2.C10H9BrO3.H3P/c1-28-6-8-29(9-7-28)17-4-3-15(13-16(17)24)26-23-27-22(25)21(33-23)20(30)14-2-5-18-19(12-14)32-11-10-31-18;1-3-23-14(17)19-15(22)18-11-4-5-13(12(16)10-11)21-8-6-20(2)7-9-21;11-6-8(12)7-1-2-9-10(5-7)14-4-3-13-9;/h2-5,12-13H,6-11,25H2,1H3,(H,26,27);4-5,10H,3,6-9H2,1-2H3,(H3,17,18,19,22);1-2,5H,3-4,6H2;1H3. The van der Waals surface area contributed by atoms with E-state index in [9.17, 15) is 18.4 Å². The lowest BCUT2D eigenvalue weighted by atomic mass is 10.1. The van der Waals surface area contributed by atoms with Crippen LogP contribution in [-0.2, 0) is 0 Å². The number of ketones is 2. The molecule has 0 aliphatic carbocycles. The molecule has 2 fully saturated rings. The van der Waals surface area contributed by atoms with Crippen LogP contribution in [0.1, 0.15) is 32.5 Å². The average molecular weight is 1120 g/mol. The number of ether oxygens (including phenoxy) is 4. The quantitative estimate of drug-likeness (QED) is 0.0265. The van der Waals surface area contributed by atoms with Crippen LogP contribution >= 0.6 is 61.1 Å². The Bertz CT molecular complexity index is 2690. The number of piperazine rings is 2. The monoisotopic (exact) mass is 1110 g/mol. The van der Waals surface area contributed by atoms with Crippen molar-refractivity contribution >= 4 is 117 Å². The van der Waals surface area contributed by atoms with Gasteiger partial charge < -0.3 is 60.6 Å². The maximum atomic E-state index is 14.8. The molecule has 5 aromatic rings. The fraction of sp³-hybridized carbons (Fsp3) is 0.354. The highest BCUT2D eigenvalue weighted by Gasteiger charge is 2.23. The second-order valence-corrected chi connectivity index (χ2v) is 19.4. The van der Waals surface area contributed by atoms with Crippen LogP contribution in [0.15, 0.2) is 77.8 Å². The molecule has 1 unspecified atom stereocenters. The Balaban J connectivity index is 0.000000189. The molecule has 0 bridgehead atoms. The molecule has 0 radical (unpaired) electrons. The summed E-state index contributed by atoms with van der Waals surface area (Å²) in [6.07, 6.45) is 0. The van der Waals surface area contributed by atoms with Crippen LogP contribution in [0.2, 0.25) is 0 Å². The second-order valence-electron chi connectivity index (χ2n) is 16.2. The van der Waals surface area contributed by atoms with Crippen LogP contribution in [0.25, 0.3) is 0 Å². The summed E-state index contributed by atoms with van der Waals surface area (Å²) in [4.78, 5) is 41.6. The van der Waals surface area contributed by atoms with Gasteiger partial charge in [0.25, 0.3) is 0 Å². The zero-order valence-corrected chi connectivity index (χ0v) is 45.1. The van der Waals surface area contributed by atoms with Crippen molar-refractivity contribution in [2.75, 3.05) is 130 Å². The van der Waals surface area contributed by atoms with Gasteiger partial charge in [-0.3, -0.25) is 9.59 Å². The van der Waals surface area contributed by atoms with E-state index in [4.69, 9.17) is 42.6 Å². The summed E-state index contributed by atoms with van der Waals surface area (Å²) in [7, 11) is 4.14. The lowest BCUT2D eigenvalue weighted by molar-refractivity contribution is 0.101. The van der Waals surface area contributed by atoms with E-state index in [0.29, 0.717) is 104 Å². The first-order chi connectivity index (χ1) is 33.8. The number of rotatable bonds is 10. The van der Waals surface area contributed by atoms with Crippen molar-refractivity contribution in [3.63, 3.8) is 0 Å². The predicted octanol–water partition coefficient (Wildman–Crippen LogP) is 7.80. The summed E-state index contributed by atoms with van der Waals surface area (Å²) < 4.78 is 50.9. The number of carbonyl (C=O) groups excluding carboxylic acids is 2. The first kappa shape index (κ1) is 55.0. The molecule has 23 heteroatoms. The van der Waals surface area contributed by atoms with Gasteiger partial charge in [-0.05, 0) is 105 Å². The van der Waals surface area contributed by atoms with Crippen LogP contribution in [0, 0.1) is 11.6 Å². The number of likely N-dealkylation sites (N-methyl/N-ethyl adjacent to an activating group) is 2. The SMILES string of the molecule is CCSC(N)=NC(=S)Nc1ccc(N2CCN(C)CC2)c(F)c1.CN1CCN(c2ccc(Nc3nc(N)c(C(=O)c4ccc5c(c4)OCCO5)s3)cc2F)CC1.O=C(CBr)c1ccc2c(c1)OCCO2.P. The summed E-state index contributed by atoms with van der Waals surface area (Å²) in [5.74, 6) is 2.68. The number of aliphatic imine (C=N–C) groups is 1. The summed E-state index contributed by atoms with van der Waals surface area (Å²) in [6.45, 7) is 10.9. The molecule has 0 spiro atoms. The van der Waals surface area contributed by atoms with E-state index in [-0.39, 0.29) is 44.0 Å². The van der Waals surface area contributed by atoms with Gasteiger partial charge in [0.15, 0.2) is 44.2 Å². The van der Waals surface area contributed by atoms with E-state index in [1.165, 1.54) is 23.9 Å². The van der Waals surface area contributed by atoms with Gasteiger partial charge in [0.05, 0.1) is 16.7 Å². The number of Topliss-reactive ketones (excluding diaryl/α,β-unsaturated/α-hetero) is 1. The van der Waals surface area contributed by atoms with E-state index in [1.54, 1.807) is 54.6 Å². The smallest absolute Gasteiger partial charge is 0.206 e. The maximum absolute atomic E-state index is 14.8. The normalized spacial score (nSPS) is 15.5. The number of nitrogen functional groups attached to an aromatic ring is 1. The average Bonchev–Trinajstić information content (AvgIpc) is 3.73. The number of benzene rings is 4. The van der Waals surface area contributed by atoms with Gasteiger partial charge in [-0.15, -0.1) is 0 Å². The lowest BCUT2D eigenvalue weighted by Gasteiger charge is -2.34. The molecule has 4 aromatic carbocycles. The number of halogens is 3. The fourth-order valence-electron chi connectivity index (χ4n) is 7.49. The predicted molar refractivity (Wildman–Crippen MR) is 296 cm³/mol. The maximum Gasteiger partial charge on any atom is 0.206 e. The third-order valence-electron chi connectivity index (χ3n) is 11.2. The van der Waals surface area contributed by atoms with Gasteiger partial charge in [0.1, 0.15) is 48.8 Å². The van der Waals surface area contributed by atoms with Crippen molar-refractivity contribution < 1.29 is 37.3 Å². The van der Waals surface area contributed by atoms with Crippen molar-refractivity contribution in [3.05, 3.63) is 100 Å². The number of thiazole rings is 1. The summed E-state index contributed by atoms with van der Waals surface area (Å²) in [5.41, 5.74) is 15.1. The Hall–Kier alpha value is -5.35. The van der Waals surface area contributed by atoms with Crippen molar-refractivity contribution in [2.24, 2.45) is 10.7 Å². The van der Waals surface area contributed by atoms with Gasteiger partial charge in [-0.25, -0.2) is 13.8 Å². The molecular weight excluding hydrogens is 1060 g/mol.